The Kier molecular flexibility index (Phi) is 7.26. The number of halogens is 2. The Labute approximate surface area is 202 Å². The lowest BCUT2D eigenvalue weighted by molar-refractivity contribution is 0.0827. The van der Waals surface area contributed by atoms with E-state index >= 15 is 0 Å². The first kappa shape index (κ1) is 24.1. The molecule has 170 valence electrons. The summed E-state index contributed by atoms with van der Waals surface area (Å²) in [6, 6.07) is 16.1. The molecule has 2 amide bonds. The molecule has 0 aliphatic rings. The topological polar surface area (TPSA) is 79.3 Å². The Morgan fingerprint density at radius 2 is 1.76 bits per heavy atom. The molecule has 9 heteroatoms. The number of fused-ring (bicyclic) bond motifs is 1. The summed E-state index contributed by atoms with van der Waals surface area (Å²) in [4.78, 5) is 31.3. The van der Waals surface area contributed by atoms with Crippen LogP contribution in [0.1, 0.15) is 20.7 Å². The molecule has 2 aromatic heterocycles. The van der Waals surface area contributed by atoms with Crippen molar-refractivity contribution in [1.82, 2.24) is 14.5 Å². The number of pyridine rings is 1. The SMILES string of the molecule is CN(C)C(=O)c1cccc(NC(=O)c2cnc(Nc3cccc(Cl)c3)c3ccn(C)c23)c1.Cl. The molecule has 7 nitrogen and oxygen atoms in total. The van der Waals surface area contributed by atoms with Crippen LogP contribution >= 0.6 is 24.0 Å². The predicted molar refractivity (Wildman–Crippen MR) is 135 cm³/mol. The summed E-state index contributed by atoms with van der Waals surface area (Å²) in [5, 5.41) is 7.56. The van der Waals surface area contributed by atoms with Crippen molar-refractivity contribution in [2.24, 2.45) is 7.05 Å². The third kappa shape index (κ3) is 5.10. The maximum absolute atomic E-state index is 13.1. The van der Waals surface area contributed by atoms with Crippen molar-refractivity contribution in [3.8, 4) is 0 Å². The Bertz CT molecular complexity index is 1330. The molecule has 0 aliphatic carbocycles. The van der Waals surface area contributed by atoms with Gasteiger partial charge in [-0.1, -0.05) is 23.7 Å². The molecule has 0 saturated heterocycles. The summed E-state index contributed by atoms with van der Waals surface area (Å²) in [6.45, 7) is 0. The molecule has 2 aromatic carbocycles. The molecule has 0 spiro atoms. The molecule has 2 N–H and O–H groups in total. The average molecular weight is 484 g/mol. The Morgan fingerprint density at radius 3 is 2.48 bits per heavy atom. The summed E-state index contributed by atoms with van der Waals surface area (Å²) in [5.41, 5.74) is 2.99. The van der Waals surface area contributed by atoms with Gasteiger partial charge in [-0.3, -0.25) is 9.59 Å². The van der Waals surface area contributed by atoms with E-state index in [4.69, 9.17) is 11.6 Å². The zero-order chi connectivity index (χ0) is 22.8. The van der Waals surface area contributed by atoms with E-state index in [0.29, 0.717) is 27.7 Å². The molecule has 4 aromatic rings. The summed E-state index contributed by atoms with van der Waals surface area (Å²) in [6.07, 6.45) is 3.42. The first-order valence-corrected chi connectivity index (χ1v) is 10.3. The number of aryl methyl sites for hydroxylation is 1. The minimum Gasteiger partial charge on any atom is -0.350 e. The molecule has 2 heterocycles. The number of anilines is 3. The zero-order valence-corrected chi connectivity index (χ0v) is 19.9. The monoisotopic (exact) mass is 483 g/mol. The normalized spacial score (nSPS) is 10.4. The van der Waals surface area contributed by atoms with Crippen LogP contribution < -0.4 is 10.6 Å². The second-order valence-corrected chi connectivity index (χ2v) is 8.02. The zero-order valence-electron chi connectivity index (χ0n) is 18.3. The molecule has 0 fully saturated rings. The fourth-order valence-electron chi connectivity index (χ4n) is 3.47. The van der Waals surface area contributed by atoms with Gasteiger partial charge in [0.2, 0.25) is 0 Å². The van der Waals surface area contributed by atoms with Gasteiger partial charge in [0.15, 0.2) is 0 Å². The van der Waals surface area contributed by atoms with E-state index in [-0.39, 0.29) is 24.2 Å². The highest BCUT2D eigenvalue weighted by Gasteiger charge is 2.18. The van der Waals surface area contributed by atoms with E-state index in [1.54, 1.807) is 56.7 Å². The molecule has 4 rings (SSSR count). The number of nitrogens with zero attached hydrogens (tertiary/aromatic N) is 3. The fraction of sp³-hybridized carbons (Fsp3) is 0.125. The lowest BCUT2D eigenvalue weighted by Crippen LogP contribution is -2.22. The number of amides is 2. The smallest absolute Gasteiger partial charge is 0.259 e. The average Bonchev–Trinajstić information content (AvgIpc) is 3.15. The third-order valence-corrected chi connectivity index (χ3v) is 5.25. The van der Waals surface area contributed by atoms with Crippen LogP contribution in [0.5, 0.6) is 0 Å². The van der Waals surface area contributed by atoms with Crippen molar-refractivity contribution in [2.75, 3.05) is 24.7 Å². The fourth-order valence-corrected chi connectivity index (χ4v) is 3.66. The van der Waals surface area contributed by atoms with E-state index in [1.807, 2.05) is 36.0 Å². The van der Waals surface area contributed by atoms with Crippen molar-refractivity contribution < 1.29 is 9.59 Å². The highest BCUT2D eigenvalue weighted by atomic mass is 35.5. The summed E-state index contributed by atoms with van der Waals surface area (Å²) >= 11 is 6.08. The quantitative estimate of drug-likeness (QED) is 0.401. The van der Waals surface area contributed by atoms with Gasteiger partial charge in [0.05, 0.1) is 11.1 Å². The molecular formula is C24H23Cl2N5O2. The molecule has 0 radical (unpaired) electrons. The van der Waals surface area contributed by atoms with Gasteiger partial charge >= 0.3 is 0 Å². The lowest BCUT2D eigenvalue weighted by atomic mass is 10.1. The lowest BCUT2D eigenvalue weighted by Gasteiger charge is -2.13. The van der Waals surface area contributed by atoms with E-state index in [1.165, 1.54) is 4.90 Å². The minimum atomic E-state index is -0.312. The van der Waals surface area contributed by atoms with Gasteiger partial charge in [-0.2, -0.15) is 0 Å². The number of nitrogens with one attached hydrogen (secondary N) is 2. The Hall–Kier alpha value is -3.55. The number of hydrogen-bond acceptors (Lipinski definition) is 4. The maximum Gasteiger partial charge on any atom is 0.259 e. The molecular weight excluding hydrogens is 461 g/mol. The molecule has 33 heavy (non-hydrogen) atoms. The van der Waals surface area contributed by atoms with Crippen LogP contribution in [0.15, 0.2) is 67.0 Å². The van der Waals surface area contributed by atoms with Crippen molar-refractivity contribution in [3.63, 3.8) is 0 Å². The van der Waals surface area contributed by atoms with Crippen molar-refractivity contribution in [1.29, 1.82) is 0 Å². The summed E-state index contributed by atoms with van der Waals surface area (Å²) in [5.74, 6) is 0.176. The van der Waals surface area contributed by atoms with Gasteiger partial charge in [-0.05, 0) is 42.5 Å². The van der Waals surface area contributed by atoms with Crippen molar-refractivity contribution in [2.45, 2.75) is 0 Å². The van der Waals surface area contributed by atoms with E-state index in [9.17, 15) is 9.59 Å². The highest BCUT2D eigenvalue weighted by molar-refractivity contribution is 6.30. The van der Waals surface area contributed by atoms with Crippen LogP contribution in [0.25, 0.3) is 10.9 Å². The second-order valence-electron chi connectivity index (χ2n) is 7.58. The first-order valence-electron chi connectivity index (χ1n) is 9.93. The van der Waals surface area contributed by atoms with Crippen LogP contribution in [0.4, 0.5) is 17.2 Å². The summed E-state index contributed by atoms with van der Waals surface area (Å²) in [7, 11) is 5.24. The maximum atomic E-state index is 13.1. The van der Waals surface area contributed by atoms with Crippen LogP contribution in [-0.2, 0) is 7.05 Å². The minimum absolute atomic E-state index is 0. The predicted octanol–water partition coefficient (Wildman–Crippen LogP) is 5.35. The van der Waals surface area contributed by atoms with Crippen LogP contribution in [0, 0.1) is 0 Å². The van der Waals surface area contributed by atoms with Crippen molar-refractivity contribution >= 4 is 63.9 Å². The number of hydrogen-bond donors (Lipinski definition) is 2. The largest absolute Gasteiger partial charge is 0.350 e. The number of carbonyl (C=O) groups excluding carboxylic acids is 2. The number of carbonyl (C=O) groups is 2. The summed E-state index contributed by atoms with van der Waals surface area (Å²) < 4.78 is 1.88. The Balaban J connectivity index is 0.00000306. The highest BCUT2D eigenvalue weighted by Crippen LogP contribution is 2.29. The number of benzene rings is 2. The van der Waals surface area contributed by atoms with Crippen molar-refractivity contribution in [3.05, 3.63) is 83.1 Å². The van der Waals surface area contributed by atoms with E-state index < -0.39 is 0 Å². The van der Waals surface area contributed by atoms with Gasteiger partial charge < -0.3 is 20.1 Å². The first-order chi connectivity index (χ1) is 15.3. The van der Waals surface area contributed by atoms with Gasteiger partial charge in [0.25, 0.3) is 11.8 Å². The van der Waals surface area contributed by atoms with Crippen LogP contribution in [0.3, 0.4) is 0 Å². The van der Waals surface area contributed by atoms with Gasteiger partial charge in [0, 0.05) is 60.9 Å². The van der Waals surface area contributed by atoms with E-state index in [0.717, 1.165) is 16.6 Å². The van der Waals surface area contributed by atoms with Crippen LogP contribution in [0.2, 0.25) is 5.02 Å². The molecule has 0 unspecified atom stereocenters. The van der Waals surface area contributed by atoms with Gasteiger partial charge in [-0.15, -0.1) is 12.4 Å². The molecule has 0 bridgehead atoms. The molecule has 0 saturated carbocycles. The number of rotatable bonds is 5. The van der Waals surface area contributed by atoms with Gasteiger partial charge in [-0.25, -0.2) is 4.98 Å². The van der Waals surface area contributed by atoms with Gasteiger partial charge in [0.1, 0.15) is 5.82 Å². The molecule has 0 atom stereocenters. The van der Waals surface area contributed by atoms with E-state index in [2.05, 4.69) is 15.6 Å². The standard InChI is InChI=1S/C24H22ClN5O2.ClH/c1-29(2)24(32)15-6-4-8-17(12-15)28-23(31)20-14-26-22(19-10-11-30(3)21(19)20)27-18-9-5-7-16(25)13-18;/h4-14H,1-3H3,(H,26,27)(H,28,31);1H. The third-order valence-electron chi connectivity index (χ3n) is 5.01. The Morgan fingerprint density at radius 1 is 1.03 bits per heavy atom. The van der Waals surface area contributed by atoms with Crippen LogP contribution in [-0.4, -0.2) is 40.4 Å². The second kappa shape index (κ2) is 9.94. The number of aromatic nitrogens is 2. The molecule has 0 aliphatic heterocycles.